The Hall–Kier alpha value is -1.54. The molecule has 1 rings (SSSR count). The van der Waals surface area contributed by atoms with Crippen molar-refractivity contribution in [1.29, 1.82) is 0 Å². The fourth-order valence-electron chi connectivity index (χ4n) is 0.667. The molecule has 0 fully saturated rings. The van der Waals surface area contributed by atoms with Crippen molar-refractivity contribution in [3.63, 3.8) is 0 Å². The van der Waals surface area contributed by atoms with Crippen LogP contribution in [0.25, 0.3) is 0 Å². The lowest BCUT2D eigenvalue weighted by Crippen LogP contribution is -1.97. The summed E-state index contributed by atoms with van der Waals surface area (Å²) in [5.74, 6) is 2.31. The van der Waals surface area contributed by atoms with Crippen molar-refractivity contribution in [2.75, 3.05) is 12.3 Å². The van der Waals surface area contributed by atoms with Gasteiger partial charge in [-0.25, -0.2) is 4.98 Å². The number of hydrogen-bond acceptors (Lipinski definition) is 5. The van der Waals surface area contributed by atoms with Crippen LogP contribution in [0.4, 0.5) is 5.13 Å². The summed E-state index contributed by atoms with van der Waals surface area (Å²) < 4.78 is 0. The van der Waals surface area contributed by atoms with Gasteiger partial charge in [-0.2, -0.15) is 0 Å². The molecule has 1 aromatic heterocycles. The highest BCUT2D eigenvalue weighted by Gasteiger charge is 2.02. The number of hydrogen-bond donors (Lipinski definition) is 1. The fraction of sp³-hybridized carbons (Fsp3) is 0.250. The predicted molar refractivity (Wildman–Crippen MR) is 53.5 cm³/mol. The Morgan fingerprint density at radius 3 is 3.23 bits per heavy atom. The van der Waals surface area contributed by atoms with Gasteiger partial charge in [0.25, 0.3) is 0 Å². The van der Waals surface area contributed by atoms with Crippen molar-refractivity contribution in [2.45, 2.75) is 6.92 Å². The largest absolute Gasteiger partial charge is 0.382 e. The van der Waals surface area contributed by atoms with Crippen LogP contribution in [0.15, 0.2) is 10.5 Å². The molecule has 0 radical (unpaired) electrons. The summed E-state index contributed by atoms with van der Waals surface area (Å²) in [4.78, 5) is 8.81. The van der Waals surface area contributed by atoms with Crippen molar-refractivity contribution in [1.82, 2.24) is 4.98 Å². The first-order valence-corrected chi connectivity index (χ1v) is 4.43. The monoisotopic (exact) mass is 195 g/mol. The summed E-state index contributed by atoms with van der Waals surface area (Å²) in [7, 11) is 0. The minimum atomic E-state index is 0.164. The minimum absolute atomic E-state index is 0.164. The number of nitrogen functional groups attached to an aromatic ring is 1. The van der Waals surface area contributed by atoms with Gasteiger partial charge in [0.15, 0.2) is 11.7 Å². The lowest BCUT2D eigenvalue weighted by Gasteiger charge is -1.94. The maximum absolute atomic E-state index is 5.45. The Balaban J connectivity index is 2.63. The standard InChI is InChI=1S/C8H9N3OS/c1-3-4-12-11-6(2)7-5-13-8(9)10-7/h1,5H,4H2,2H3,(H2,9,10)/b11-6+. The molecule has 2 N–H and O–H groups in total. The number of nitrogens with zero attached hydrogens (tertiary/aromatic N) is 2. The molecule has 0 aliphatic rings. The van der Waals surface area contributed by atoms with Gasteiger partial charge in [0.2, 0.25) is 0 Å². The van der Waals surface area contributed by atoms with E-state index in [4.69, 9.17) is 17.0 Å². The van der Waals surface area contributed by atoms with Crippen LogP contribution in [-0.2, 0) is 4.84 Å². The van der Waals surface area contributed by atoms with E-state index in [1.54, 1.807) is 6.92 Å². The molecule has 0 bridgehead atoms. The van der Waals surface area contributed by atoms with Crippen molar-refractivity contribution in [3.8, 4) is 12.3 Å². The summed E-state index contributed by atoms with van der Waals surface area (Å²) in [5, 5.41) is 6.09. The van der Waals surface area contributed by atoms with E-state index >= 15 is 0 Å². The third kappa shape index (κ3) is 2.76. The van der Waals surface area contributed by atoms with Crippen molar-refractivity contribution in [3.05, 3.63) is 11.1 Å². The van der Waals surface area contributed by atoms with Crippen LogP contribution in [-0.4, -0.2) is 17.3 Å². The average molecular weight is 195 g/mol. The summed E-state index contributed by atoms with van der Waals surface area (Å²) in [6.07, 6.45) is 4.98. The summed E-state index contributed by atoms with van der Waals surface area (Å²) in [6.45, 7) is 1.95. The second kappa shape index (κ2) is 4.48. The van der Waals surface area contributed by atoms with Gasteiger partial charge in [-0.3, -0.25) is 0 Å². The van der Waals surface area contributed by atoms with E-state index < -0.39 is 0 Å². The Morgan fingerprint density at radius 2 is 2.69 bits per heavy atom. The van der Waals surface area contributed by atoms with Crippen LogP contribution in [0.5, 0.6) is 0 Å². The highest BCUT2D eigenvalue weighted by Crippen LogP contribution is 2.11. The van der Waals surface area contributed by atoms with Gasteiger partial charge in [0, 0.05) is 5.38 Å². The summed E-state index contributed by atoms with van der Waals surface area (Å²) >= 11 is 1.36. The topological polar surface area (TPSA) is 60.5 Å². The molecule has 0 saturated carbocycles. The zero-order chi connectivity index (χ0) is 9.68. The molecule has 0 atom stereocenters. The van der Waals surface area contributed by atoms with E-state index in [9.17, 15) is 0 Å². The van der Waals surface area contributed by atoms with Gasteiger partial charge in [-0.1, -0.05) is 11.1 Å². The predicted octanol–water partition coefficient (Wildman–Crippen LogP) is 1.10. The van der Waals surface area contributed by atoms with Gasteiger partial charge >= 0.3 is 0 Å². The van der Waals surface area contributed by atoms with Crippen LogP contribution < -0.4 is 5.73 Å². The average Bonchev–Trinajstić information content (AvgIpc) is 2.52. The summed E-state index contributed by atoms with van der Waals surface area (Å²) in [5.41, 5.74) is 6.84. The van der Waals surface area contributed by atoms with Gasteiger partial charge in [-0.15, -0.1) is 17.8 Å². The van der Waals surface area contributed by atoms with Crippen LogP contribution in [0.1, 0.15) is 12.6 Å². The molecule has 68 valence electrons. The first-order chi connectivity index (χ1) is 6.24. The van der Waals surface area contributed by atoms with Gasteiger partial charge in [0.05, 0.1) is 0 Å². The zero-order valence-electron chi connectivity index (χ0n) is 7.15. The molecular weight excluding hydrogens is 186 g/mol. The van der Waals surface area contributed by atoms with Gasteiger partial charge < -0.3 is 10.6 Å². The molecule has 1 heterocycles. The molecule has 0 spiro atoms. The zero-order valence-corrected chi connectivity index (χ0v) is 7.97. The molecule has 4 nitrogen and oxygen atoms in total. The van der Waals surface area contributed by atoms with Crippen LogP contribution in [0, 0.1) is 12.3 Å². The molecule has 0 aliphatic carbocycles. The Kier molecular flexibility index (Phi) is 3.29. The molecule has 0 aliphatic heterocycles. The molecule has 1 aromatic rings. The molecule has 0 saturated heterocycles. The van der Waals surface area contributed by atoms with E-state index in [1.807, 2.05) is 5.38 Å². The van der Waals surface area contributed by atoms with E-state index in [0.717, 1.165) is 5.69 Å². The van der Waals surface area contributed by atoms with Crippen molar-refractivity contribution in [2.24, 2.45) is 5.16 Å². The highest BCUT2D eigenvalue weighted by atomic mass is 32.1. The van der Waals surface area contributed by atoms with Gasteiger partial charge in [-0.05, 0) is 6.92 Å². The fourth-order valence-corrected chi connectivity index (χ4v) is 1.27. The third-order valence-electron chi connectivity index (χ3n) is 1.24. The third-order valence-corrected chi connectivity index (χ3v) is 1.92. The lowest BCUT2D eigenvalue weighted by molar-refractivity contribution is 0.180. The Bertz CT molecular complexity index is 351. The molecule has 0 amide bonds. The second-order valence-corrected chi connectivity index (χ2v) is 3.11. The molecule has 0 unspecified atom stereocenters. The molecule has 13 heavy (non-hydrogen) atoms. The number of nitrogens with two attached hydrogens (primary N) is 1. The number of oxime groups is 1. The maximum Gasteiger partial charge on any atom is 0.180 e. The van der Waals surface area contributed by atoms with Crippen LogP contribution in [0.2, 0.25) is 0 Å². The number of anilines is 1. The first-order valence-electron chi connectivity index (χ1n) is 3.55. The minimum Gasteiger partial charge on any atom is -0.382 e. The lowest BCUT2D eigenvalue weighted by atomic mass is 10.3. The van der Waals surface area contributed by atoms with E-state index in [1.165, 1.54) is 11.3 Å². The molecule has 0 aromatic carbocycles. The first kappa shape index (κ1) is 9.55. The van der Waals surface area contributed by atoms with Crippen LogP contribution in [0.3, 0.4) is 0 Å². The number of terminal acetylenes is 1. The number of thiazole rings is 1. The smallest absolute Gasteiger partial charge is 0.180 e. The normalized spacial score (nSPS) is 10.9. The maximum atomic E-state index is 5.45. The Labute approximate surface area is 80.4 Å². The van der Waals surface area contributed by atoms with Gasteiger partial charge in [0.1, 0.15) is 11.4 Å². The quantitative estimate of drug-likeness (QED) is 0.340. The molecule has 5 heteroatoms. The molecular formula is C8H9N3OS. The SMILES string of the molecule is C#CCO/N=C(\C)c1csc(N)n1. The van der Waals surface area contributed by atoms with Crippen LogP contribution >= 0.6 is 11.3 Å². The Morgan fingerprint density at radius 1 is 1.92 bits per heavy atom. The van der Waals surface area contributed by atoms with E-state index in [0.29, 0.717) is 10.8 Å². The van der Waals surface area contributed by atoms with Crippen molar-refractivity contribution < 1.29 is 4.84 Å². The number of rotatable bonds is 3. The van der Waals surface area contributed by atoms with Crippen molar-refractivity contribution >= 4 is 22.2 Å². The van der Waals surface area contributed by atoms with E-state index in [-0.39, 0.29) is 6.61 Å². The second-order valence-electron chi connectivity index (χ2n) is 2.23. The van der Waals surface area contributed by atoms with E-state index in [2.05, 4.69) is 16.1 Å². The summed E-state index contributed by atoms with van der Waals surface area (Å²) in [6, 6.07) is 0. The highest BCUT2D eigenvalue weighted by molar-refractivity contribution is 7.13. The number of aromatic nitrogens is 1.